The minimum Gasteiger partial charge on any atom is -0.386 e. The smallest absolute Gasteiger partial charge is 0.107 e. The first-order valence-corrected chi connectivity index (χ1v) is 4.96. The Hall–Kier alpha value is 0.390. The summed E-state index contributed by atoms with van der Waals surface area (Å²) in [7, 11) is 0. The summed E-state index contributed by atoms with van der Waals surface area (Å²) >= 11 is 10.3. The normalized spacial score (nSPS) is 13.5. The van der Waals surface area contributed by atoms with Gasteiger partial charge in [0.15, 0.2) is 0 Å². The first-order chi connectivity index (χ1) is 5.15. The zero-order valence-corrected chi connectivity index (χ0v) is 8.71. The van der Waals surface area contributed by atoms with E-state index in [0.29, 0.717) is 4.34 Å². The molecule has 1 heterocycles. The number of rotatable bonds is 2. The molecule has 0 saturated carbocycles. The lowest BCUT2D eigenvalue weighted by Gasteiger charge is -2.01. The highest BCUT2D eigenvalue weighted by Gasteiger charge is 2.10. The Kier molecular flexibility index (Phi) is 3.33. The molecule has 11 heavy (non-hydrogen) atoms. The van der Waals surface area contributed by atoms with Gasteiger partial charge >= 0.3 is 0 Å². The molecule has 5 heteroatoms. The maximum absolute atomic E-state index is 9.27. The summed E-state index contributed by atoms with van der Waals surface area (Å²) in [6.45, 7) is 0.225. The fraction of sp³-hybridized carbons (Fsp3) is 0.333. The summed E-state index contributed by atoms with van der Waals surface area (Å²) in [4.78, 5) is 0.796. The highest BCUT2D eigenvalue weighted by molar-refractivity contribution is 9.10. The molecule has 0 saturated heterocycles. The summed E-state index contributed by atoms with van der Waals surface area (Å²) in [5, 5.41) is 9.27. The second kappa shape index (κ2) is 3.87. The molecule has 0 aliphatic carbocycles. The van der Waals surface area contributed by atoms with Gasteiger partial charge in [0.2, 0.25) is 0 Å². The lowest BCUT2D eigenvalue weighted by atomic mass is 10.3. The van der Waals surface area contributed by atoms with E-state index in [1.165, 1.54) is 11.3 Å². The van der Waals surface area contributed by atoms with Crippen LogP contribution in [-0.2, 0) is 0 Å². The van der Waals surface area contributed by atoms with Crippen LogP contribution >= 0.6 is 38.9 Å². The number of halogens is 2. The summed E-state index contributed by atoms with van der Waals surface area (Å²) in [5.74, 6) is 0. The molecule has 1 rings (SSSR count). The lowest BCUT2D eigenvalue weighted by molar-refractivity contribution is 0.190. The van der Waals surface area contributed by atoms with Crippen LogP contribution in [0.15, 0.2) is 10.5 Å². The van der Waals surface area contributed by atoms with Crippen LogP contribution in [0.2, 0.25) is 4.34 Å². The third kappa shape index (κ3) is 2.16. The van der Waals surface area contributed by atoms with Crippen LogP contribution in [0.5, 0.6) is 0 Å². The molecule has 0 aliphatic heterocycles. The average Bonchev–Trinajstić information content (AvgIpc) is 2.31. The Morgan fingerprint density at radius 1 is 1.82 bits per heavy atom. The maximum atomic E-state index is 9.27. The van der Waals surface area contributed by atoms with E-state index in [-0.39, 0.29) is 6.54 Å². The Labute approximate surface area is 82.1 Å². The van der Waals surface area contributed by atoms with Gasteiger partial charge in [-0.15, -0.1) is 11.3 Å². The Balaban J connectivity index is 2.88. The van der Waals surface area contributed by atoms with E-state index >= 15 is 0 Å². The van der Waals surface area contributed by atoms with E-state index in [1.54, 1.807) is 6.07 Å². The number of nitrogens with two attached hydrogens (primary N) is 1. The second-order valence-electron chi connectivity index (χ2n) is 2.02. The number of thiophene rings is 1. The molecule has 62 valence electrons. The lowest BCUT2D eigenvalue weighted by Crippen LogP contribution is -2.09. The van der Waals surface area contributed by atoms with E-state index in [0.717, 1.165) is 9.35 Å². The van der Waals surface area contributed by atoms with E-state index in [4.69, 9.17) is 17.3 Å². The summed E-state index contributed by atoms with van der Waals surface area (Å²) in [6.07, 6.45) is -0.594. The molecule has 0 fully saturated rings. The Bertz CT molecular complexity index is 233. The van der Waals surface area contributed by atoms with Gasteiger partial charge in [0.05, 0.1) is 0 Å². The van der Waals surface area contributed by atoms with Crippen molar-refractivity contribution in [3.05, 3.63) is 19.8 Å². The predicted octanol–water partition coefficient (Wildman–Crippen LogP) is 2.16. The van der Waals surface area contributed by atoms with Crippen molar-refractivity contribution in [3.63, 3.8) is 0 Å². The monoisotopic (exact) mass is 255 g/mol. The van der Waals surface area contributed by atoms with Gasteiger partial charge in [0.1, 0.15) is 10.4 Å². The number of aliphatic hydroxyl groups excluding tert-OH is 1. The van der Waals surface area contributed by atoms with Crippen molar-refractivity contribution < 1.29 is 5.11 Å². The highest BCUT2D eigenvalue weighted by atomic mass is 79.9. The summed E-state index contributed by atoms with van der Waals surface area (Å²) < 4.78 is 1.46. The average molecular weight is 257 g/mol. The Morgan fingerprint density at radius 2 is 2.45 bits per heavy atom. The van der Waals surface area contributed by atoms with Crippen LogP contribution in [0.4, 0.5) is 0 Å². The zero-order valence-electron chi connectivity index (χ0n) is 5.55. The van der Waals surface area contributed by atoms with Crippen molar-refractivity contribution in [2.24, 2.45) is 5.73 Å². The second-order valence-corrected chi connectivity index (χ2v) is 4.56. The van der Waals surface area contributed by atoms with Gasteiger partial charge in [0.25, 0.3) is 0 Å². The molecule has 1 atom stereocenters. The van der Waals surface area contributed by atoms with Crippen LogP contribution in [-0.4, -0.2) is 11.7 Å². The van der Waals surface area contributed by atoms with Gasteiger partial charge in [-0.1, -0.05) is 11.6 Å². The molecule has 1 aromatic heterocycles. The number of aliphatic hydroxyl groups is 1. The van der Waals surface area contributed by atoms with Gasteiger partial charge in [-0.05, 0) is 22.0 Å². The largest absolute Gasteiger partial charge is 0.386 e. The fourth-order valence-corrected chi connectivity index (χ4v) is 2.38. The summed E-state index contributed by atoms with van der Waals surface area (Å²) in [6, 6.07) is 1.78. The van der Waals surface area contributed by atoms with E-state index in [9.17, 15) is 5.11 Å². The molecule has 1 aromatic rings. The van der Waals surface area contributed by atoms with E-state index in [1.807, 2.05) is 0 Å². The van der Waals surface area contributed by atoms with Crippen LogP contribution in [0, 0.1) is 0 Å². The molecule has 2 nitrogen and oxygen atoms in total. The third-order valence-electron chi connectivity index (χ3n) is 1.22. The standard InChI is InChI=1S/C6H7BrClNOS/c7-3-1-5(4(10)2-9)11-6(3)8/h1,4,10H,2,9H2/t4-/m1/s1. The predicted molar refractivity (Wildman–Crippen MR) is 51.0 cm³/mol. The van der Waals surface area contributed by atoms with Crippen LogP contribution < -0.4 is 5.73 Å². The van der Waals surface area contributed by atoms with E-state index in [2.05, 4.69) is 15.9 Å². The van der Waals surface area contributed by atoms with Gasteiger partial charge in [-0.25, -0.2) is 0 Å². The molecular weight excluding hydrogens is 249 g/mol. The molecule has 0 amide bonds. The van der Waals surface area contributed by atoms with Crippen molar-refractivity contribution in [2.75, 3.05) is 6.54 Å². The van der Waals surface area contributed by atoms with Crippen molar-refractivity contribution in [1.29, 1.82) is 0 Å². The quantitative estimate of drug-likeness (QED) is 0.852. The van der Waals surface area contributed by atoms with Crippen molar-refractivity contribution >= 4 is 38.9 Å². The minimum absolute atomic E-state index is 0.225. The summed E-state index contributed by atoms with van der Waals surface area (Å²) in [5.41, 5.74) is 5.26. The SMILES string of the molecule is NC[C@@H](O)c1cc(Br)c(Cl)s1. The molecular formula is C6H7BrClNOS. The fourth-order valence-electron chi connectivity index (χ4n) is 0.644. The molecule has 0 bridgehead atoms. The van der Waals surface area contributed by atoms with Crippen molar-refractivity contribution in [3.8, 4) is 0 Å². The first kappa shape index (κ1) is 9.48. The van der Waals surface area contributed by atoms with Gasteiger partial charge in [-0.2, -0.15) is 0 Å². The van der Waals surface area contributed by atoms with Gasteiger partial charge < -0.3 is 10.8 Å². The molecule has 3 N–H and O–H groups in total. The first-order valence-electron chi connectivity index (χ1n) is 2.98. The molecule has 0 aromatic carbocycles. The number of hydrogen-bond acceptors (Lipinski definition) is 3. The zero-order chi connectivity index (χ0) is 8.43. The number of hydrogen-bond donors (Lipinski definition) is 2. The van der Waals surface area contributed by atoms with Crippen LogP contribution in [0.1, 0.15) is 11.0 Å². The molecule has 0 aliphatic rings. The molecule has 0 unspecified atom stereocenters. The molecule has 0 radical (unpaired) electrons. The van der Waals surface area contributed by atoms with Gasteiger partial charge in [-0.3, -0.25) is 0 Å². The van der Waals surface area contributed by atoms with Crippen LogP contribution in [0.25, 0.3) is 0 Å². The van der Waals surface area contributed by atoms with Crippen molar-refractivity contribution in [1.82, 2.24) is 0 Å². The van der Waals surface area contributed by atoms with Gasteiger partial charge in [0, 0.05) is 15.9 Å². The molecule has 0 spiro atoms. The topological polar surface area (TPSA) is 46.2 Å². The van der Waals surface area contributed by atoms with Crippen molar-refractivity contribution in [2.45, 2.75) is 6.10 Å². The third-order valence-corrected chi connectivity index (χ3v) is 3.79. The van der Waals surface area contributed by atoms with Crippen LogP contribution in [0.3, 0.4) is 0 Å². The maximum Gasteiger partial charge on any atom is 0.107 e. The van der Waals surface area contributed by atoms with E-state index < -0.39 is 6.10 Å². The Morgan fingerprint density at radius 3 is 2.82 bits per heavy atom. The highest BCUT2D eigenvalue weighted by Crippen LogP contribution is 2.34. The minimum atomic E-state index is -0.594.